The molecule has 0 bridgehead atoms. The van der Waals surface area contributed by atoms with Crippen LogP contribution in [0.2, 0.25) is 5.02 Å². The Morgan fingerprint density at radius 2 is 2.26 bits per heavy atom. The van der Waals surface area contributed by atoms with Gasteiger partial charge in [0.05, 0.1) is 22.5 Å². The number of halogens is 1. The first-order chi connectivity index (χ1) is 10.9. The van der Waals surface area contributed by atoms with E-state index in [1.807, 2.05) is 19.9 Å². The van der Waals surface area contributed by atoms with Gasteiger partial charge in [0.15, 0.2) is 0 Å². The lowest BCUT2D eigenvalue weighted by molar-refractivity contribution is -0.135. The van der Waals surface area contributed by atoms with Crippen LogP contribution < -0.4 is 10.6 Å². The Bertz CT molecular complexity index is 761. The van der Waals surface area contributed by atoms with Gasteiger partial charge in [0, 0.05) is 18.0 Å². The standard InChI is InChI=1S/C16H19ClN4O2/c1-9(14-20-11-4-3-10(17)7-12(11)21-14)19-15(23)16(2)6-5-13(22)18-8-16/h3-4,7,9H,5-6,8H2,1-2H3,(H,18,22)(H,19,23)(H,20,21). The average molecular weight is 335 g/mol. The maximum absolute atomic E-state index is 12.6. The second-order valence-electron chi connectivity index (χ2n) is 6.32. The zero-order chi connectivity index (χ0) is 16.6. The Morgan fingerprint density at radius 3 is 2.96 bits per heavy atom. The molecule has 1 aliphatic rings. The second kappa shape index (κ2) is 5.85. The fourth-order valence-electron chi connectivity index (χ4n) is 2.70. The predicted molar refractivity (Wildman–Crippen MR) is 88.0 cm³/mol. The molecule has 1 saturated heterocycles. The van der Waals surface area contributed by atoms with Crippen LogP contribution in [0.3, 0.4) is 0 Å². The lowest BCUT2D eigenvalue weighted by Gasteiger charge is -2.33. The molecular weight excluding hydrogens is 316 g/mol. The third-order valence-electron chi connectivity index (χ3n) is 4.35. The van der Waals surface area contributed by atoms with Crippen molar-refractivity contribution >= 4 is 34.4 Å². The normalized spacial score (nSPS) is 22.7. The summed E-state index contributed by atoms with van der Waals surface area (Å²) in [5.41, 5.74) is 1.06. The van der Waals surface area contributed by atoms with Crippen molar-refractivity contribution in [2.75, 3.05) is 6.54 Å². The number of nitrogens with zero attached hydrogens (tertiary/aromatic N) is 1. The highest BCUT2D eigenvalue weighted by Crippen LogP contribution is 2.27. The summed E-state index contributed by atoms with van der Waals surface area (Å²) < 4.78 is 0. The Balaban J connectivity index is 1.73. The zero-order valence-electron chi connectivity index (χ0n) is 13.1. The topological polar surface area (TPSA) is 86.9 Å². The lowest BCUT2D eigenvalue weighted by atomic mass is 9.81. The minimum absolute atomic E-state index is 0.00233. The molecule has 2 aromatic rings. The van der Waals surface area contributed by atoms with E-state index in [1.165, 1.54) is 0 Å². The number of nitrogens with one attached hydrogen (secondary N) is 3. The van der Waals surface area contributed by atoms with Crippen LogP contribution in [-0.4, -0.2) is 28.3 Å². The van der Waals surface area contributed by atoms with Crippen molar-refractivity contribution < 1.29 is 9.59 Å². The Labute approximate surface area is 139 Å². The number of fused-ring (bicyclic) bond motifs is 1. The van der Waals surface area contributed by atoms with E-state index in [1.54, 1.807) is 12.1 Å². The van der Waals surface area contributed by atoms with Gasteiger partial charge in [-0.05, 0) is 38.5 Å². The maximum atomic E-state index is 12.6. The molecular formula is C16H19ClN4O2. The number of imidazole rings is 1. The van der Waals surface area contributed by atoms with Crippen molar-refractivity contribution in [1.29, 1.82) is 0 Å². The largest absolute Gasteiger partial charge is 0.355 e. The van der Waals surface area contributed by atoms with Gasteiger partial charge >= 0.3 is 0 Å². The van der Waals surface area contributed by atoms with Crippen molar-refractivity contribution in [3.05, 3.63) is 29.0 Å². The van der Waals surface area contributed by atoms with Gasteiger partial charge < -0.3 is 15.6 Å². The Hall–Kier alpha value is -2.08. The average Bonchev–Trinajstić information content (AvgIpc) is 2.93. The van der Waals surface area contributed by atoms with E-state index in [9.17, 15) is 9.59 Å². The molecule has 1 aromatic carbocycles. The molecule has 2 atom stereocenters. The Kier molecular flexibility index (Phi) is 4.02. The SMILES string of the molecule is CC(NC(=O)C1(C)CCC(=O)NC1)c1nc2ccc(Cl)cc2[nH]1. The number of piperidine rings is 1. The highest BCUT2D eigenvalue weighted by atomic mass is 35.5. The number of aromatic amines is 1. The summed E-state index contributed by atoms with van der Waals surface area (Å²) in [7, 11) is 0. The fourth-order valence-corrected chi connectivity index (χ4v) is 2.87. The van der Waals surface area contributed by atoms with E-state index in [0.717, 1.165) is 11.0 Å². The van der Waals surface area contributed by atoms with Crippen LogP contribution in [0.1, 0.15) is 38.6 Å². The summed E-state index contributed by atoms with van der Waals surface area (Å²) >= 11 is 5.97. The number of hydrogen-bond acceptors (Lipinski definition) is 3. The first-order valence-corrected chi connectivity index (χ1v) is 7.98. The second-order valence-corrected chi connectivity index (χ2v) is 6.75. The molecule has 2 unspecified atom stereocenters. The third-order valence-corrected chi connectivity index (χ3v) is 4.58. The van der Waals surface area contributed by atoms with E-state index in [-0.39, 0.29) is 17.9 Å². The summed E-state index contributed by atoms with van der Waals surface area (Å²) in [6.07, 6.45) is 0.925. The van der Waals surface area contributed by atoms with Gasteiger partial charge in [-0.15, -0.1) is 0 Å². The van der Waals surface area contributed by atoms with Crippen LogP contribution in [0.5, 0.6) is 0 Å². The number of amides is 2. The van der Waals surface area contributed by atoms with Crippen molar-refractivity contribution in [2.24, 2.45) is 5.41 Å². The van der Waals surface area contributed by atoms with Gasteiger partial charge in [-0.25, -0.2) is 4.98 Å². The quantitative estimate of drug-likeness (QED) is 0.805. The van der Waals surface area contributed by atoms with Gasteiger partial charge in [0.2, 0.25) is 11.8 Å². The van der Waals surface area contributed by atoms with Crippen LogP contribution in [0.15, 0.2) is 18.2 Å². The van der Waals surface area contributed by atoms with Crippen molar-refractivity contribution in [3.8, 4) is 0 Å². The van der Waals surface area contributed by atoms with Crippen molar-refractivity contribution in [1.82, 2.24) is 20.6 Å². The van der Waals surface area contributed by atoms with Crippen molar-refractivity contribution in [3.63, 3.8) is 0 Å². The van der Waals surface area contributed by atoms with E-state index in [4.69, 9.17) is 11.6 Å². The third kappa shape index (κ3) is 3.17. The van der Waals surface area contributed by atoms with E-state index in [2.05, 4.69) is 20.6 Å². The van der Waals surface area contributed by atoms with Gasteiger partial charge in [-0.2, -0.15) is 0 Å². The smallest absolute Gasteiger partial charge is 0.228 e. The van der Waals surface area contributed by atoms with Crippen LogP contribution in [0, 0.1) is 5.41 Å². The zero-order valence-corrected chi connectivity index (χ0v) is 13.8. The molecule has 7 heteroatoms. The highest BCUT2D eigenvalue weighted by molar-refractivity contribution is 6.31. The van der Waals surface area contributed by atoms with Crippen LogP contribution in [0.4, 0.5) is 0 Å². The molecule has 2 heterocycles. The molecule has 3 N–H and O–H groups in total. The fraction of sp³-hybridized carbons (Fsp3) is 0.438. The van der Waals surface area contributed by atoms with Crippen LogP contribution in [0.25, 0.3) is 11.0 Å². The predicted octanol–water partition coefficient (Wildman–Crippen LogP) is 2.31. The van der Waals surface area contributed by atoms with Crippen molar-refractivity contribution in [2.45, 2.75) is 32.7 Å². The molecule has 1 fully saturated rings. The number of rotatable bonds is 3. The molecule has 2 amide bonds. The van der Waals surface area contributed by atoms with Gasteiger partial charge in [-0.3, -0.25) is 9.59 Å². The number of H-pyrrole nitrogens is 1. The van der Waals surface area contributed by atoms with Gasteiger partial charge in [0.1, 0.15) is 5.82 Å². The summed E-state index contributed by atoms with van der Waals surface area (Å²) in [6.45, 7) is 4.11. The lowest BCUT2D eigenvalue weighted by Crippen LogP contribution is -2.50. The summed E-state index contributed by atoms with van der Waals surface area (Å²) in [4.78, 5) is 31.5. The van der Waals surface area contributed by atoms with E-state index in [0.29, 0.717) is 30.2 Å². The Morgan fingerprint density at radius 1 is 1.48 bits per heavy atom. The molecule has 1 aliphatic heterocycles. The molecule has 0 saturated carbocycles. The van der Waals surface area contributed by atoms with Crippen LogP contribution >= 0.6 is 11.6 Å². The summed E-state index contributed by atoms with van der Waals surface area (Å²) in [5.74, 6) is 0.597. The number of benzene rings is 1. The monoisotopic (exact) mass is 334 g/mol. The summed E-state index contributed by atoms with van der Waals surface area (Å²) in [5, 5.41) is 6.37. The minimum Gasteiger partial charge on any atom is -0.355 e. The summed E-state index contributed by atoms with van der Waals surface area (Å²) in [6, 6.07) is 5.16. The molecule has 1 aromatic heterocycles. The van der Waals surface area contributed by atoms with E-state index >= 15 is 0 Å². The molecule has 3 rings (SSSR count). The van der Waals surface area contributed by atoms with Gasteiger partial charge in [-0.1, -0.05) is 11.6 Å². The minimum atomic E-state index is -0.586. The molecule has 6 nitrogen and oxygen atoms in total. The molecule has 0 spiro atoms. The number of carbonyl (C=O) groups excluding carboxylic acids is 2. The van der Waals surface area contributed by atoms with E-state index < -0.39 is 5.41 Å². The first kappa shape index (κ1) is 15.8. The first-order valence-electron chi connectivity index (χ1n) is 7.60. The maximum Gasteiger partial charge on any atom is 0.228 e. The number of aromatic nitrogens is 2. The molecule has 23 heavy (non-hydrogen) atoms. The molecule has 122 valence electrons. The van der Waals surface area contributed by atoms with Crippen LogP contribution in [-0.2, 0) is 9.59 Å². The number of hydrogen-bond donors (Lipinski definition) is 3. The number of carbonyl (C=O) groups is 2. The molecule has 0 radical (unpaired) electrons. The van der Waals surface area contributed by atoms with Gasteiger partial charge in [0.25, 0.3) is 0 Å². The highest BCUT2D eigenvalue weighted by Gasteiger charge is 2.37. The molecule has 0 aliphatic carbocycles.